The zero-order valence-electron chi connectivity index (χ0n) is 11.8. The standard InChI is InChI=1S/C14H12N4O.CH2O2/c1-9-6-13(15)16-7-12(9)10-2-4-11(5-3-10)14-18-17-8-19-14;2-1-3/h2-8H,1H3,(H2,15,16);1H,(H,2,3). The van der Waals surface area contributed by atoms with Crippen molar-refractivity contribution in [3.05, 3.63) is 48.5 Å². The molecule has 2 aromatic heterocycles. The summed E-state index contributed by atoms with van der Waals surface area (Å²) >= 11 is 0. The molecule has 112 valence electrons. The van der Waals surface area contributed by atoms with Gasteiger partial charge in [0, 0.05) is 17.3 Å². The topological polar surface area (TPSA) is 115 Å². The lowest BCUT2D eigenvalue weighted by molar-refractivity contribution is -0.122. The van der Waals surface area contributed by atoms with Gasteiger partial charge in [-0.15, -0.1) is 10.2 Å². The van der Waals surface area contributed by atoms with E-state index in [1.165, 1.54) is 6.39 Å². The van der Waals surface area contributed by atoms with Crippen molar-refractivity contribution in [1.29, 1.82) is 0 Å². The summed E-state index contributed by atoms with van der Waals surface area (Å²) < 4.78 is 5.15. The van der Waals surface area contributed by atoms with Crippen LogP contribution >= 0.6 is 0 Å². The summed E-state index contributed by atoms with van der Waals surface area (Å²) in [6.45, 7) is 1.76. The van der Waals surface area contributed by atoms with Crippen LogP contribution in [0.15, 0.2) is 47.3 Å². The Hall–Kier alpha value is -3.22. The molecule has 0 aliphatic rings. The van der Waals surface area contributed by atoms with Gasteiger partial charge in [0.15, 0.2) is 0 Å². The summed E-state index contributed by atoms with van der Waals surface area (Å²) in [6, 6.07) is 9.75. The lowest BCUT2D eigenvalue weighted by Crippen LogP contribution is -1.92. The van der Waals surface area contributed by atoms with E-state index in [-0.39, 0.29) is 6.47 Å². The van der Waals surface area contributed by atoms with E-state index < -0.39 is 0 Å². The molecule has 0 bridgehead atoms. The van der Waals surface area contributed by atoms with E-state index in [9.17, 15) is 0 Å². The van der Waals surface area contributed by atoms with E-state index in [0.29, 0.717) is 11.7 Å². The highest BCUT2D eigenvalue weighted by Gasteiger charge is 2.06. The molecular weight excluding hydrogens is 284 g/mol. The number of aromatic nitrogens is 3. The van der Waals surface area contributed by atoms with Crippen LogP contribution in [0.3, 0.4) is 0 Å². The molecule has 0 aliphatic heterocycles. The van der Waals surface area contributed by atoms with Crippen molar-refractivity contribution in [2.45, 2.75) is 6.92 Å². The SMILES string of the molecule is Cc1cc(N)ncc1-c1ccc(-c2nnco2)cc1.O=CO. The Morgan fingerprint density at radius 1 is 1.23 bits per heavy atom. The van der Waals surface area contributed by atoms with Crippen LogP contribution in [0, 0.1) is 6.92 Å². The van der Waals surface area contributed by atoms with E-state index >= 15 is 0 Å². The second-order valence-corrected chi connectivity index (χ2v) is 4.35. The minimum absolute atomic E-state index is 0.250. The molecule has 0 saturated carbocycles. The number of benzene rings is 1. The maximum atomic E-state index is 8.36. The van der Waals surface area contributed by atoms with E-state index in [2.05, 4.69) is 15.2 Å². The van der Waals surface area contributed by atoms with Crippen LogP contribution in [0.2, 0.25) is 0 Å². The number of nitrogens with two attached hydrogens (primary N) is 1. The van der Waals surface area contributed by atoms with Crippen molar-refractivity contribution >= 4 is 12.3 Å². The van der Waals surface area contributed by atoms with Crippen molar-refractivity contribution in [3.8, 4) is 22.6 Å². The first-order chi connectivity index (χ1) is 10.7. The monoisotopic (exact) mass is 298 g/mol. The van der Waals surface area contributed by atoms with Crippen LogP contribution in [-0.4, -0.2) is 26.8 Å². The van der Waals surface area contributed by atoms with Gasteiger partial charge in [-0.05, 0) is 36.2 Å². The predicted molar refractivity (Wildman–Crippen MR) is 80.8 cm³/mol. The number of carboxylic acid groups (broad SMARTS) is 1. The molecule has 0 atom stereocenters. The number of carbonyl (C=O) groups is 1. The number of nitrogens with zero attached hydrogens (tertiary/aromatic N) is 3. The summed E-state index contributed by atoms with van der Waals surface area (Å²) in [6.07, 6.45) is 3.10. The van der Waals surface area contributed by atoms with Crippen LogP contribution in [0.25, 0.3) is 22.6 Å². The Morgan fingerprint density at radius 3 is 2.41 bits per heavy atom. The molecule has 0 saturated heterocycles. The molecule has 3 N–H and O–H groups in total. The number of aryl methyl sites for hydroxylation is 1. The van der Waals surface area contributed by atoms with E-state index in [4.69, 9.17) is 20.1 Å². The fourth-order valence-corrected chi connectivity index (χ4v) is 1.97. The molecule has 0 amide bonds. The van der Waals surface area contributed by atoms with Crippen molar-refractivity contribution in [3.63, 3.8) is 0 Å². The fraction of sp³-hybridized carbons (Fsp3) is 0.0667. The van der Waals surface area contributed by atoms with E-state index in [1.54, 1.807) is 6.20 Å². The molecule has 0 fully saturated rings. The largest absolute Gasteiger partial charge is 0.483 e. The molecule has 3 aromatic rings. The van der Waals surface area contributed by atoms with Crippen LogP contribution in [0.4, 0.5) is 5.82 Å². The maximum absolute atomic E-state index is 8.36. The number of rotatable bonds is 2. The summed E-state index contributed by atoms with van der Waals surface area (Å²) in [4.78, 5) is 12.5. The Balaban J connectivity index is 0.000000545. The number of hydrogen-bond acceptors (Lipinski definition) is 6. The molecule has 0 aliphatic carbocycles. The molecule has 22 heavy (non-hydrogen) atoms. The zero-order chi connectivity index (χ0) is 15.9. The third kappa shape index (κ3) is 3.45. The van der Waals surface area contributed by atoms with Gasteiger partial charge in [-0.25, -0.2) is 4.98 Å². The number of anilines is 1. The van der Waals surface area contributed by atoms with Crippen molar-refractivity contribution in [1.82, 2.24) is 15.2 Å². The molecule has 7 heteroatoms. The molecular formula is C15H14N4O3. The first-order valence-electron chi connectivity index (χ1n) is 6.32. The quantitative estimate of drug-likeness (QED) is 0.698. The van der Waals surface area contributed by atoms with Crippen molar-refractivity contribution in [2.75, 3.05) is 5.73 Å². The maximum Gasteiger partial charge on any atom is 0.290 e. The minimum Gasteiger partial charge on any atom is -0.483 e. The second-order valence-electron chi connectivity index (χ2n) is 4.35. The number of pyridine rings is 1. The molecule has 2 heterocycles. The molecule has 0 spiro atoms. The Kier molecular flexibility index (Phi) is 4.81. The molecule has 1 aromatic carbocycles. The van der Waals surface area contributed by atoms with Crippen molar-refractivity contribution in [2.24, 2.45) is 0 Å². The zero-order valence-corrected chi connectivity index (χ0v) is 11.8. The average molecular weight is 298 g/mol. The van der Waals surface area contributed by atoms with Crippen LogP contribution in [0.1, 0.15) is 5.56 Å². The molecule has 7 nitrogen and oxygen atoms in total. The fourth-order valence-electron chi connectivity index (χ4n) is 1.97. The molecule has 0 unspecified atom stereocenters. The second kappa shape index (κ2) is 6.98. The van der Waals surface area contributed by atoms with Crippen LogP contribution in [0.5, 0.6) is 0 Å². The van der Waals surface area contributed by atoms with Gasteiger partial charge < -0.3 is 15.3 Å². The summed E-state index contributed by atoms with van der Waals surface area (Å²) in [5.74, 6) is 1.04. The van der Waals surface area contributed by atoms with E-state index in [1.807, 2.05) is 37.3 Å². The Morgan fingerprint density at radius 2 is 1.86 bits per heavy atom. The highest BCUT2D eigenvalue weighted by molar-refractivity contribution is 5.70. The van der Waals surface area contributed by atoms with Gasteiger partial charge in [0.05, 0.1) is 0 Å². The van der Waals surface area contributed by atoms with Crippen LogP contribution < -0.4 is 5.73 Å². The summed E-state index contributed by atoms with van der Waals surface area (Å²) in [7, 11) is 0. The van der Waals surface area contributed by atoms with Gasteiger partial charge >= 0.3 is 0 Å². The normalized spacial score (nSPS) is 9.68. The summed E-state index contributed by atoms with van der Waals surface area (Å²) in [5, 5.41) is 14.4. The highest BCUT2D eigenvalue weighted by Crippen LogP contribution is 2.26. The third-order valence-corrected chi connectivity index (χ3v) is 2.93. The van der Waals surface area contributed by atoms with Gasteiger partial charge in [-0.1, -0.05) is 12.1 Å². The van der Waals surface area contributed by atoms with Gasteiger partial charge in [0.1, 0.15) is 5.82 Å². The average Bonchev–Trinajstić information content (AvgIpc) is 3.03. The lowest BCUT2D eigenvalue weighted by Gasteiger charge is -2.06. The predicted octanol–water partition coefficient (Wildman–Crippen LogP) is 2.39. The van der Waals surface area contributed by atoms with Gasteiger partial charge in [-0.3, -0.25) is 4.79 Å². The highest BCUT2D eigenvalue weighted by atomic mass is 16.4. The third-order valence-electron chi connectivity index (χ3n) is 2.93. The number of hydrogen-bond donors (Lipinski definition) is 2. The van der Waals surface area contributed by atoms with Gasteiger partial charge in [0.2, 0.25) is 12.3 Å². The van der Waals surface area contributed by atoms with Crippen molar-refractivity contribution < 1.29 is 14.3 Å². The van der Waals surface area contributed by atoms with Gasteiger partial charge in [0.25, 0.3) is 6.47 Å². The van der Waals surface area contributed by atoms with Crippen LogP contribution in [-0.2, 0) is 4.79 Å². The smallest absolute Gasteiger partial charge is 0.290 e. The van der Waals surface area contributed by atoms with E-state index in [0.717, 1.165) is 22.3 Å². The minimum atomic E-state index is -0.250. The summed E-state index contributed by atoms with van der Waals surface area (Å²) in [5.41, 5.74) is 9.78. The molecule has 3 rings (SSSR count). The Labute approximate surface area is 126 Å². The Bertz CT molecular complexity index is 740. The first-order valence-corrected chi connectivity index (χ1v) is 6.32. The molecule has 0 radical (unpaired) electrons. The lowest BCUT2D eigenvalue weighted by atomic mass is 10.0. The number of nitrogen functional groups attached to an aromatic ring is 1. The first kappa shape index (κ1) is 15.2. The van der Waals surface area contributed by atoms with Gasteiger partial charge in [-0.2, -0.15) is 0 Å².